The zero-order valence-corrected chi connectivity index (χ0v) is 14.8. The molecule has 0 spiro atoms. The molecule has 1 saturated carbocycles. The molecule has 2 fully saturated rings. The van der Waals surface area contributed by atoms with E-state index in [9.17, 15) is 10.2 Å². The smallest absolute Gasteiger partial charge is 0.122 e. The van der Waals surface area contributed by atoms with Gasteiger partial charge in [-0.1, -0.05) is 18.2 Å². The summed E-state index contributed by atoms with van der Waals surface area (Å²) in [6.07, 6.45) is 2.20. The molecule has 2 aromatic rings. The first-order valence-corrected chi connectivity index (χ1v) is 9.69. The van der Waals surface area contributed by atoms with E-state index in [0.717, 1.165) is 23.6 Å². The molecule has 2 heterocycles. The first-order chi connectivity index (χ1) is 12.2. The van der Waals surface area contributed by atoms with Crippen LogP contribution in [0, 0.1) is 11.8 Å². The summed E-state index contributed by atoms with van der Waals surface area (Å²) in [4.78, 5) is 4.44. The molecule has 1 aromatic carbocycles. The van der Waals surface area contributed by atoms with Gasteiger partial charge in [0.25, 0.3) is 0 Å². The number of thiazole rings is 1. The number of benzene rings is 1. The van der Waals surface area contributed by atoms with Gasteiger partial charge in [-0.15, -0.1) is 11.3 Å². The van der Waals surface area contributed by atoms with E-state index in [1.807, 2.05) is 35.7 Å². The lowest BCUT2D eigenvalue weighted by molar-refractivity contribution is -0.0812. The van der Waals surface area contributed by atoms with Crippen molar-refractivity contribution in [2.45, 2.75) is 44.2 Å². The highest BCUT2D eigenvalue weighted by molar-refractivity contribution is 7.09. The van der Waals surface area contributed by atoms with Gasteiger partial charge < -0.3 is 19.7 Å². The summed E-state index contributed by atoms with van der Waals surface area (Å²) in [6, 6.07) is 9.74. The van der Waals surface area contributed by atoms with Crippen molar-refractivity contribution in [3.63, 3.8) is 0 Å². The van der Waals surface area contributed by atoms with Crippen molar-refractivity contribution in [2.24, 2.45) is 11.8 Å². The molecule has 0 unspecified atom stereocenters. The third-order valence-corrected chi connectivity index (χ3v) is 6.27. The van der Waals surface area contributed by atoms with Crippen LogP contribution in [0.5, 0.6) is 5.75 Å². The lowest BCUT2D eigenvalue weighted by Gasteiger charge is -2.33. The molecule has 1 aromatic heterocycles. The average Bonchev–Trinajstić information content (AvgIpc) is 3.24. The number of ether oxygens (including phenoxy) is 2. The third-order valence-electron chi connectivity index (χ3n) is 5.29. The van der Waals surface area contributed by atoms with Crippen LogP contribution < -0.4 is 4.74 Å². The number of para-hydroxylation sites is 1. The average molecular weight is 361 g/mol. The maximum atomic E-state index is 10.5. The Morgan fingerprint density at radius 1 is 1.24 bits per heavy atom. The Balaban J connectivity index is 1.38. The van der Waals surface area contributed by atoms with Crippen molar-refractivity contribution in [3.8, 4) is 5.75 Å². The van der Waals surface area contributed by atoms with Gasteiger partial charge in [-0.05, 0) is 30.9 Å². The van der Waals surface area contributed by atoms with Crippen molar-refractivity contribution in [2.75, 3.05) is 6.61 Å². The van der Waals surface area contributed by atoms with Crippen molar-refractivity contribution in [1.82, 2.24) is 4.98 Å². The highest BCUT2D eigenvalue weighted by Crippen LogP contribution is 2.46. The van der Waals surface area contributed by atoms with E-state index in [-0.39, 0.29) is 30.8 Å². The summed E-state index contributed by atoms with van der Waals surface area (Å²) in [5, 5.41) is 22.5. The lowest BCUT2D eigenvalue weighted by atomic mass is 9.87. The zero-order chi connectivity index (χ0) is 17.2. The minimum absolute atomic E-state index is 0.0208. The quantitative estimate of drug-likeness (QED) is 0.857. The third kappa shape index (κ3) is 3.58. The first-order valence-electron chi connectivity index (χ1n) is 8.81. The van der Waals surface area contributed by atoms with Gasteiger partial charge in [0.2, 0.25) is 0 Å². The molecule has 1 saturated heterocycles. The standard InChI is InChI=1S/C19H23NO4S/c21-9-12-11-25-19(20-12)17-7-6-14-15(16(22)8-18(14)24-17)10-23-13-4-2-1-3-5-13/h1-5,11,14-18,21-22H,6-10H2/t14-,15-,16-,17-,18+/m1/s1. The van der Waals surface area contributed by atoms with Crippen molar-refractivity contribution >= 4 is 11.3 Å². The van der Waals surface area contributed by atoms with Crippen LogP contribution in [0.15, 0.2) is 35.7 Å². The molecule has 5 nitrogen and oxygen atoms in total. The minimum Gasteiger partial charge on any atom is -0.493 e. The van der Waals surface area contributed by atoms with Crippen molar-refractivity contribution < 1.29 is 19.7 Å². The van der Waals surface area contributed by atoms with E-state index in [1.165, 1.54) is 0 Å². The van der Waals surface area contributed by atoms with Crippen molar-refractivity contribution in [3.05, 3.63) is 46.4 Å². The highest BCUT2D eigenvalue weighted by Gasteiger charge is 2.47. The monoisotopic (exact) mass is 361 g/mol. The van der Waals surface area contributed by atoms with E-state index >= 15 is 0 Å². The second-order valence-electron chi connectivity index (χ2n) is 6.83. The number of nitrogens with zero attached hydrogens (tertiary/aromatic N) is 1. The number of aliphatic hydroxyl groups is 2. The summed E-state index contributed by atoms with van der Waals surface area (Å²) in [6.45, 7) is 0.485. The number of hydrogen-bond donors (Lipinski definition) is 2. The molecule has 0 radical (unpaired) electrons. The van der Waals surface area contributed by atoms with Crippen LogP contribution in [0.1, 0.15) is 36.1 Å². The zero-order valence-electron chi connectivity index (χ0n) is 14.0. The summed E-state index contributed by atoms with van der Waals surface area (Å²) in [5.41, 5.74) is 0.700. The SMILES string of the molecule is OCc1csc([C@H]2CC[C@@H]3[C@@H](COc4ccccc4)[C@H](O)C[C@@H]3O2)n1. The molecule has 1 aliphatic heterocycles. The van der Waals surface area contributed by atoms with Gasteiger partial charge in [-0.25, -0.2) is 4.98 Å². The van der Waals surface area contributed by atoms with E-state index in [0.29, 0.717) is 24.6 Å². The van der Waals surface area contributed by atoms with E-state index in [2.05, 4.69) is 4.98 Å². The molecule has 134 valence electrons. The number of rotatable bonds is 5. The van der Waals surface area contributed by atoms with Gasteiger partial charge in [0, 0.05) is 17.7 Å². The fourth-order valence-electron chi connectivity index (χ4n) is 4.00. The molecule has 5 atom stereocenters. The minimum atomic E-state index is -0.387. The van der Waals surface area contributed by atoms with Gasteiger partial charge in [0.05, 0.1) is 31.1 Å². The maximum Gasteiger partial charge on any atom is 0.122 e. The number of hydrogen-bond acceptors (Lipinski definition) is 6. The van der Waals surface area contributed by atoms with Crippen LogP contribution in [-0.4, -0.2) is 34.0 Å². The van der Waals surface area contributed by atoms with Gasteiger partial charge in [0.1, 0.15) is 16.9 Å². The van der Waals surface area contributed by atoms with Crippen LogP contribution in [0.4, 0.5) is 0 Å². The van der Waals surface area contributed by atoms with Gasteiger partial charge >= 0.3 is 0 Å². The molecule has 2 N–H and O–H groups in total. The van der Waals surface area contributed by atoms with Gasteiger partial charge in [-0.3, -0.25) is 0 Å². The van der Waals surface area contributed by atoms with Gasteiger partial charge in [-0.2, -0.15) is 0 Å². The van der Waals surface area contributed by atoms with E-state index in [1.54, 1.807) is 11.3 Å². The van der Waals surface area contributed by atoms with Crippen LogP contribution in [0.2, 0.25) is 0 Å². The van der Waals surface area contributed by atoms with Gasteiger partial charge in [0.15, 0.2) is 0 Å². The highest BCUT2D eigenvalue weighted by atomic mass is 32.1. The number of fused-ring (bicyclic) bond motifs is 1. The molecule has 25 heavy (non-hydrogen) atoms. The molecule has 2 aliphatic rings. The Kier molecular flexibility index (Phi) is 5.03. The fraction of sp³-hybridized carbons (Fsp3) is 0.526. The largest absolute Gasteiger partial charge is 0.493 e. The Hall–Kier alpha value is -1.47. The predicted octanol–water partition coefficient (Wildman–Crippen LogP) is 2.93. The van der Waals surface area contributed by atoms with Crippen LogP contribution in [0.25, 0.3) is 0 Å². The summed E-state index contributed by atoms with van der Waals surface area (Å²) in [5.74, 6) is 1.27. The van der Waals surface area contributed by atoms with Crippen LogP contribution in [-0.2, 0) is 11.3 Å². The molecular formula is C19H23NO4S. The molecular weight excluding hydrogens is 338 g/mol. The van der Waals surface area contributed by atoms with E-state index in [4.69, 9.17) is 9.47 Å². The van der Waals surface area contributed by atoms with Crippen LogP contribution in [0.3, 0.4) is 0 Å². The topological polar surface area (TPSA) is 71.8 Å². The predicted molar refractivity (Wildman–Crippen MR) is 94.4 cm³/mol. The first kappa shape index (κ1) is 17.0. The van der Waals surface area contributed by atoms with Crippen molar-refractivity contribution in [1.29, 1.82) is 0 Å². The molecule has 4 rings (SSSR count). The second kappa shape index (κ2) is 7.41. The number of aromatic nitrogens is 1. The Bertz CT molecular complexity index is 692. The summed E-state index contributed by atoms with van der Waals surface area (Å²) in [7, 11) is 0. The Morgan fingerprint density at radius 2 is 2.08 bits per heavy atom. The van der Waals surface area contributed by atoms with Crippen LogP contribution >= 0.6 is 11.3 Å². The Morgan fingerprint density at radius 3 is 2.84 bits per heavy atom. The maximum absolute atomic E-state index is 10.5. The summed E-state index contributed by atoms with van der Waals surface area (Å²) < 4.78 is 12.1. The molecule has 1 aliphatic carbocycles. The lowest BCUT2D eigenvalue weighted by Crippen LogP contribution is -2.33. The second-order valence-corrected chi connectivity index (χ2v) is 7.72. The number of aliphatic hydroxyl groups excluding tert-OH is 2. The molecule has 6 heteroatoms. The molecule has 0 bridgehead atoms. The van der Waals surface area contributed by atoms with E-state index < -0.39 is 0 Å². The normalized spacial score (nSPS) is 31.7. The Labute approximate surface area is 151 Å². The fourth-order valence-corrected chi connectivity index (χ4v) is 4.88. The summed E-state index contributed by atoms with van der Waals surface area (Å²) >= 11 is 1.54. The molecule has 0 amide bonds.